The summed E-state index contributed by atoms with van der Waals surface area (Å²) >= 11 is 0. The minimum Gasteiger partial charge on any atom is -0.342 e. The lowest BCUT2D eigenvalue weighted by Gasteiger charge is -2.22. The quantitative estimate of drug-likeness (QED) is 0.912. The molecule has 0 bridgehead atoms. The molecule has 6 nitrogen and oxygen atoms in total. The summed E-state index contributed by atoms with van der Waals surface area (Å²) in [7, 11) is 0. The average molecular weight is 350 g/mol. The predicted molar refractivity (Wildman–Crippen MR) is 95.4 cm³/mol. The maximum atomic E-state index is 12.5. The topological polar surface area (TPSA) is 77.0 Å². The zero-order valence-electron chi connectivity index (χ0n) is 14.1. The molecule has 24 heavy (non-hydrogen) atoms. The second-order valence-corrected chi connectivity index (χ2v) is 6.63. The Kier molecular flexibility index (Phi) is 5.62. The van der Waals surface area contributed by atoms with Gasteiger partial charge in [0, 0.05) is 13.1 Å². The van der Waals surface area contributed by atoms with Crippen LogP contribution in [0.25, 0.3) is 5.69 Å². The first-order valence-electron chi connectivity index (χ1n) is 7.97. The molecule has 2 aromatic rings. The Morgan fingerprint density at radius 1 is 1.33 bits per heavy atom. The van der Waals surface area contributed by atoms with Crippen molar-refractivity contribution in [3.8, 4) is 5.69 Å². The molecule has 0 spiro atoms. The van der Waals surface area contributed by atoms with E-state index < -0.39 is 0 Å². The maximum Gasteiger partial charge on any atom is 0.228 e. The Labute approximate surface area is 148 Å². The summed E-state index contributed by atoms with van der Waals surface area (Å²) in [4.78, 5) is 14.4. The van der Waals surface area contributed by atoms with Gasteiger partial charge in [0.1, 0.15) is 0 Å². The Hall–Kier alpha value is -1.92. The summed E-state index contributed by atoms with van der Waals surface area (Å²) in [5.41, 5.74) is 8.46. The van der Waals surface area contributed by atoms with Gasteiger partial charge in [-0.05, 0) is 37.4 Å². The van der Waals surface area contributed by atoms with E-state index >= 15 is 0 Å². The number of nitrogens with two attached hydrogens (primary N) is 1. The van der Waals surface area contributed by atoms with Crippen molar-refractivity contribution in [3.05, 3.63) is 41.7 Å². The van der Waals surface area contributed by atoms with Crippen molar-refractivity contribution in [2.75, 3.05) is 19.6 Å². The molecule has 1 aromatic heterocycles. The van der Waals surface area contributed by atoms with Crippen LogP contribution in [0, 0.1) is 12.3 Å². The Balaban J connectivity index is 0.00000208. The van der Waals surface area contributed by atoms with Crippen LogP contribution in [0.4, 0.5) is 0 Å². The predicted octanol–water partition coefficient (Wildman–Crippen LogP) is 1.74. The van der Waals surface area contributed by atoms with Crippen LogP contribution in [0.5, 0.6) is 0 Å². The third-order valence-electron chi connectivity index (χ3n) is 4.71. The summed E-state index contributed by atoms with van der Waals surface area (Å²) in [6, 6.07) is 9.82. The van der Waals surface area contributed by atoms with Crippen LogP contribution < -0.4 is 5.73 Å². The van der Waals surface area contributed by atoms with Crippen molar-refractivity contribution in [1.82, 2.24) is 19.9 Å². The number of carbonyl (C=O) groups excluding carboxylic acids is 1. The Morgan fingerprint density at radius 2 is 2.04 bits per heavy atom. The second kappa shape index (κ2) is 7.32. The van der Waals surface area contributed by atoms with Gasteiger partial charge in [-0.15, -0.1) is 17.5 Å². The molecule has 1 aliphatic rings. The minimum absolute atomic E-state index is 0. The number of hydrogen-bond donors (Lipinski definition) is 1. The first kappa shape index (κ1) is 18.4. The van der Waals surface area contributed by atoms with E-state index in [0.29, 0.717) is 13.0 Å². The van der Waals surface area contributed by atoms with Crippen LogP contribution in [0.2, 0.25) is 0 Å². The summed E-state index contributed by atoms with van der Waals surface area (Å²) in [6.45, 7) is 6.20. The fourth-order valence-electron chi connectivity index (χ4n) is 3.00. The van der Waals surface area contributed by atoms with E-state index in [0.717, 1.165) is 36.6 Å². The number of rotatable bonds is 4. The molecule has 1 unspecified atom stereocenters. The lowest BCUT2D eigenvalue weighted by molar-refractivity contribution is -0.129. The van der Waals surface area contributed by atoms with Gasteiger partial charge >= 0.3 is 0 Å². The molecule has 0 radical (unpaired) electrons. The maximum absolute atomic E-state index is 12.5. The largest absolute Gasteiger partial charge is 0.342 e. The number of hydrogen-bond acceptors (Lipinski definition) is 4. The zero-order valence-corrected chi connectivity index (χ0v) is 14.9. The number of carbonyl (C=O) groups is 1. The zero-order chi connectivity index (χ0) is 16.4. The normalized spacial score (nSPS) is 20.0. The van der Waals surface area contributed by atoms with E-state index in [1.54, 1.807) is 4.68 Å². The molecule has 1 fully saturated rings. The van der Waals surface area contributed by atoms with Crippen molar-refractivity contribution in [2.24, 2.45) is 11.1 Å². The lowest BCUT2D eigenvalue weighted by Crippen LogP contribution is -2.35. The molecule has 0 aliphatic carbocycles. The SMILES string of the molecule is Cc1c(CC(=O)N2CCC(C)(CN)C2)nnn1-c1ccccc1.Cl. The van der Waals surface area contributed by atoms with Gasteiger partial charge in [-0.25, -0.2) is 4.68 Å². The number of benzene rings is 1. The van der Waals surface area contributed by atoms with Gasteiger partial charge in [0.15, 0.2) is 0 Å². The highest BCUT2D eigenvalue weighted by Crippen LogP contribution is 2.28. The van der Waals surface area contributed by atoms with Crippen LogP contribution in [0.1, 0.15) is 24.7 Å². The van der Waals surface area contributed by atoms with E-state index in [9.17, 15) is 4.79 Å². The molecule has 3 rings (SSSR count). The molecule has 130 valence electrons. The van der Waals surface area contributed by atoms with Gasteiger partial charge in [-0.3, -0.25) is 4.79 Å². The van der Waals surface area contributed by atoms with Crippen LogP contribution in [0.15, 0.2) is 30.3 Å². The van der Waals surface area contributed by atoms with Crippen molar-refractivity contribution in [3.63, 3.8) is 0 Å². The molecular formula is C17H24ClN5O. The van der Waals surface area contributed by atoms with Crippen molar-refractivity contribution in [2.45, 2.75) is 26.7 Å². The van der Waals surface area contributed by atoms with Crippen LogP contribution >= 0.6 is 12.4 Å². The fourth-order valence-corrected chi connectivity index (χ4v) is 3.00. The highest BCUT2D eigenvalue weighted by atomic mass is 35.5. The number of halogens is 1. The molecular weight excluding hydrogens is 326 g/mol. The molecule has 7 heteroatoms. The van der Waals surface area contributed by atoms with Crippen molar-refractivity contribution < 1.29 is 4.79 Å². The molecule has 1 aliphatic heterocycles. The molecule has 1 saturated heterocycles. The van der Waals surface area contributed by atoms with Crippen molar-refractivity contribution in [1.29, 1.82) is 0 Å². The molecule has 1 amide bonds. The fraction of sp³-hybridized carbons (Fsp3) is 0.471. The molecule has 2 heterocycles. The lowest BCUT2D eigenvalue weighted by atomic mass is 9.90. The van der Waals surface area contributed by atoms with Gasteiger partial charge in [0.05, 0.1) is 23.5 Å². The van der Waals surface area contributed by atoms with Gasteiger partial charge in [-0.2, -0.15) is 0 Å². The molecule has 2 N–H and O–H groups in total. The summed E-state index contributed by atoms with van der Waals surface area (Å²) in [5, 5.41) is 8.39. The van der Waals surface area contributed by atoms with E-state index in [-0.39, 0.29) is 23.7 Å². The number of aromatic nitrogens is 3. The monoisotopic (exact) mass is 349 g/mol. The average Bonchev–Trinajstić information content (AvgIpc) is 3.13. The Bertz CT molecular complexity index is 702. The first-order valence-corrected chi connectivity index (χ1v) is 7.97. The van der Waals surface area contributed by atoms with Crippen molar-refractivity contribution >= 4 is 18.3 Å². The number of likely N-dealkylation sites (tertiary alicyclic amines) is 1. The standard InChI is InChI=1S/C17H23N5O.ClH/c1-13-15(19-20-22(13)14-6-4-3-5-7-14)10-16(23)21-9-8-17(2,11-18)12-21;/h3-7H,8-12,18H2,1-2H3;1H. The summed E-state index contributed by atoms with van der Waals surface area (Å²) in [6.07, 6.45) is 1.25. The molecule has 0 saturated carbocycles. The van der Waals surface area contributed by atoms with Gasteiger partial charge < -0.3 is 10.6 Å². The smallest absolute Gasteiger partial charge is 0.228 e. The number of para-hydroxylation sites is 1. The van der Waals surface area contributed by atoms with Gasteiger partial charge in [0.25, 0.3) is 0 Å². The molecule has 1 atom stereocenters. The first-order chi connectivity index (χ1) is 11.0. The number of amides is 1. The minimum atomic E-state index is 0. The van der Waals surface area contributed by atoms with Crippen LogP contribution in [-0.2, 0) is 11.2 Å². The highest BCUT2D eigenvalue weighted by Gasteiger charge is 2.35. The second-order valence-electron chi connectivity index (χ2n) is 6.63. The van der Waals surface area contributed by atoms with E-state index in [2.05, 4.69) is 17.2 Å². The summed E-state index contributed by atoms with van der Waals surface area (Å²) in [5.74, 6) is 0.102. The van der Waals surface area contributed by atoms with E-state index in [1.807, 2.05) is 42.2 Å². The van der Waals surface area contributed by atoms with E-state index in [1.165, 1.54) is 0 Å². The third-order valence-corrected chi connectivity index (χ3v) is 4.71. The molecule has 1 aromatic carbocycles. The summed E-state index contributed by atoms with van der Waals surface area (Å²) < 4.78 is 1.77. The van der Waals surface area contributed by atoms with Crippen LogP contribution in [0.3, 0.4) is 0 Å². The van der Waals surface area contributed by atoms with E-state index in [4.69, 9.17) is 5.73 Å². The Morgan fingerprint density at radius 3 is 2.67 bits per heavy atom. The van der Waals surface area contributed by atoms with Gasteiger partial charge in [0.2, 0.25) is 5.91 Å². The highest BCUT2D eigenvalue weighted by molar-refractivity contribution is 5.85. The third kappa shape index (κ3) is 3.60. The van der Waals surface area contributed by atoms with Gasteiger partial charge in [-0.1, -0.05) is 30.3 Å². The number of nitrogens with zero attached hydrogens (tertiary/aromatic N) is 4. The van der Waals surface area contributed by atoms with Crippen LogP contribution in [-0.4, -0.2) is 45.4 Å².